The molecule has 216 valence electrons. The first-order chi connectivity index (χ1) is 19.6. The largest absolute Gasteiger partial charge is 0.394 e. The molecule has 3 aliphatic rings. The van der Waals surface area contributed by atoms with Crippen molar-refractivity contribution in [1.29, 1.82) is 0 Å². The summed E-state index contributed by atoms with van der Waals surface area (Å²) < 4.78 is 70.2. The molecule has 0 bridgehead atoms. The van der Waals surface area contributed by atoms with Crippen molar-refractivity contribution in [3.8, 4) is 0 Å². The Balaban J connectivity index is 1.22. The number of alkyl halides is 3. The highest BCUT2D eigenvalue weighted by Gasteiger charge is 2.49. The molecule has 3 amide bonds. The van der Waals surface area contributed by atoms with E-state index in [1.165, 1.54) is 16.7 Å². The van der Waals surface area contributed by atoms with Gasteiger partial charge in [0, 0.05) is 49.2 Å². The van der Waals surface area contributed by atoms with E-state index in [0.717, 1.165) is 17.8 Å². The molecule has 1 fully saturated rings. The number of anilines is 1. The average Bonchev–Trinajstić information content (AvgIpc) is 3.37. The number of urea groups is 1. The average molecular weight is 575 g/mol. The number of aromatic nitrogens is 3. The number of imidazole rings is 1. The van der Waals surface area contributed by atoms with E-state index in [9.17, 15) is 31.5 Å². The minimum atomic E-state index is -4.51. The monoisotopic (exact) mass is 574 g/mol. The molecule has 13 heteroatoms. The van der Waals surface area contributed by atoms with Gasteiger partial charge in [-0.25, -0.2) is 23.5 Å². The van der Waals surface area contributed by atoms with E-state index in [1.807, 2.05) is 6.07 Å². The maximum atomic E-state index is 14.7. The van der Waals surface area contributed by atoms with E-state index in [-0.39, 0.29) is 55.5 Å². The fourth-order valence-corrected chi connectivity index (χ4v) is 6.37. The Morgan fingerprint density at radius 3 is 2.63 bits per heavy atom. The number of likely N-dealkylation sites (tertiary alicyclic amines) is 1. The first kappa shape index (κ1) is 27.2. The molecular formula is C28H27F5N6O2. The molecule has 0 aliphatic carbocycles. The van der Waals surface area contributed by atoms with Gasteiger partial charge in [0.15, 0.2) is 11.6 Å². The van der Waals surface area contributed by atoms with Crippen LogP contribution < -0.4 is 10.6 Å². The lowest BCUT2D eigenvalue weighted by molar-refractivity contribution is -0.128. The molecule has 2 atom stereocenters. The topological polar surface area (TPSA) is 92.2 Å². The highest BCUT2D eigenvalue weighted by Crippen LogP contribution is 2.44. The summed E-state index contributed by atoms with van der Waals surface area (Å²) in [6, 6.07) is 6.23. The zero-order valence-corrected chi connectivity index (χ0v) is 21.8. The molecule has 0 unspecified atom stereocenters. The van der Waals surface area contributed by atoms with Crippen LogP contribution in [0.2, 0.25) is 0 Å². The van der Waals surface area contributed by atoms with Gasteiger partial charge in [-0.05, 0) is 43.4 Å². The predicted octanol–water partition coefficient (Wildman–Crippen LogP) is 4.98. The van der Waals surface area contributed by atoms with Crippen LogP contribution in [0.5, 0.6) is 0 Å². The quantitative estimate of drug-likeness (QED) is 0.432. The Labute approximate surface area is 232 Å². The van der Waals surface area contributed by atoms with Crippen LogP contribution in [0.25, 0.3) is 0 Å². The van der Waals surface area contributed by atoms with Gasteiger partial charge in [-0.15, -0.1) is 0 Å². The van der Waals surface area contributed by atoms with E-state index in [1.54, 1.807) is 17.2 Å². The fraction of sp³-hybridized carbons (Fsp3) is 0.429. The van der Waals surface area contributed by atoms with Gasteiger partial charge in [-0.3, -0.25) is 4.79 Å². The third kappa shape index (κ3) is 4.91. The fourth-order valence-electron chi connectivity index (χ4n) is 6.37. The van der Waals surface area contributed by atoms with E-state index < -0.39 is 47.6 Å². The third-order valence-electron chi connectivity index (χ3n) is 8.48. The summed E-state index contributed by atoms with van der Waals surface area (Å²) in [4.78, 5) is 36.3. The first-order valence-corrected chi connectivity index (χ1v) is 13.4. The molecule has 0 saturated carbocycles. The molecule has 0 radical (unpaired) electrons. The van der Waals surface area contributed by atoms with Gasteiger partial charge >= 0.3 is 12.2 Å². The summed E-state index contributed by atoms with van der Waals surface area (Å²) >= 11 is 0. The van der Waals surface area contributed by atoms with Crippen molar-refractivity contribution in [2.45, 2.75) is 62.2 Å². The number of nitrogens with zero attached hydrogens (tertiary/aromatic N) is 4. The Morgan fingerprint density at radius 2 is 1.88 bits per heavy atom. The van der Waals surface area contributed by atoms with Gasteiger partial charge in [-0.2, -0.15) is 13.2 Å². The molecule has 2 N–H and O–H groups in total. The van der Waals surface area contributed by atoms with Crippen molar-refractivity contribution in [3.63, 3.8) is 0 Å². The second kappa shape index (κ2) is 10.1. The zero-order valence-electron chi connectivity index (χ0n) is 21.8. The minimum Gasteiger partial charge on any atom is -0.329 e. The number of halogens is 5. The number of hydrogen-bond acceptors (Lipinski definition) is 4. The van der Waals surface area contributed by atoms with Gasteiger partial charge in [0.1, 0.15) is 11.6 Å². The zero-order chi connectivity index (χ0) is 28.9. The maximum Gasteiger partial charge on any atom is 0.394 e. The van der Waals surface area contributed by atoms with Crippen LogP contribution in [-0.2, 0) is 23.2 Å². The molecule has 8 nitrogen and oxygen atoms in total. The van der Waals surface area contributed by atoms with E-state index in [0.29, 0.717) is 18.7 Å². The second-order valence-electron chi connectivity index (χ2n) is 10.9. The summed E-state index contributed by atoms with van der Waals surface area (Å²) in [6.07, 6.45) is -1.70. The molecule has 41 heavy (non-hydrogen) atoms. The Morgan fingerprint density at radius 1 is 1.10 bits per heavy atom. The molecule has 3 aliphatic heterocycles. The van der Waals surface area contributed by atoms with E-state index >= 15 is 0 Å². The van der Waals surface area contributed by atoms with Crippen LogP contribution in [0, 0.1) is 11.6 Å². The Bertz CT molecular complexity index is 1500. The van der Waals surface area contributed by atoms with E-state index in [4.69, 9.17) is 0 Å². The standard InChI is InChI=1S/C28H27F5N6O2/c29-20-5-1-3-18(22(20)30)16-6-7-21(24-35-14-17(39(24)15-16)13-28(31,32)33)36-26(41)38-11-8-27(9-12-38)19-4-2-10-34-23(19)37-25(27)40/h1-5,10,14,16,21H,6-9,11-13,15H2,(H,36,41)(H,34,37,40)/t16-,21-/m1/s1. The minimum absolute atomic E-state index is 0.0394. The van der Waals surface area contributed by atoms with Crippen molar-refractivity contribution >= 4 is 17.8 Å². The van der Waals surface area contributed by atoms with Crippen LogP contribution in [-0.4, -0.2) is 50.6 Å². The van der Waals surface area contributed by atoms with Gasteiger partial charge in [0.05, 0.1) is 17.9 Å². The second-order valence-corrected chi connectivity index (χ2v) is 10.9. The molecule has 1 saturated heterocycles. The molecule has 2 aromatic heterocycles. The van der Waals surface area contributed by atoms with Gasteiger partial charge in [0.25, 0.3) is 0 Å². The number of piperidine rings is 1. The molecule has 5 heterocycles. The molecule has 1 aromatic carbocycles. The molecular weight excluding hydrogens is 547 g/mol. The highest BCUT2D eigenvalue weighted by atomic mass is 19.4. The van der Waals surface area contributed by atoms with Crippen LogP contribution in [0.1, 0.15) is 60.3 Å². The lowest BCUT2D eigenvalue weighted by atomic mass is 9.74. The predicted molar refractivity (Wildman–Crippen MR) is 137 cm³/mol. The molecule has 1 spiro atoms. The van der Waals surface area contributed by atoms with Crippen LogP contribution in [0.3, 0.4) is 0 Å². The summed E-state index contributed by atoms with van der Waals surface area (Å²) in [5.41, 5.74) is -0.00710. The van der Waals surface area contributed by atoms with Crippen molar-refractivity contribution in [1.82, 2.24) is 24.8 Å². The first-order valence-electron chi connectivity index (χ1n) is 13.4. The van der Waals surface area contributed by atoms with Crippen LogP contribution >= 0.6 is 0 Å². The number of rotatable bonds is 3. The lowest BCUT2D eigenvalue weighted by Gasteiger charge is -2.38. The Kier molecular flexibility index (Phi) is 6.69. The SMILES string of the molecule is O=C(N[C@@H]1CC[C@@H](c2cccc(F)c2F)Cn2c(CC(F)(F)F)cnc21)N1CCC2(CC1)C(=O)Nc1ncccc12. The lowest BCUT2D eigenvalue weighted by Crippen LogP contribution is -2.51. The third-order valence-corrected chi connectivity index (χ3v) is 8.48. The summed E-state index contributed by atoms with van der Waals surface area (Å²) in [5.74, 6) is -2.08. The number of pyridine rings is 1. The van der Waals surface area contributed by atoms with Gasteiger partial charge in [0.2, 0.25) is 5.91 Å². The van der Waals surface area contributed by atoms with Crippen molar-refractivity contribution < 1.29 is 31.5 Å². The van der Waals surface area contributed by atoms with Crippen LogP contribution in [0.4, 0.5) is 32.6 Å². The Hall–Kier alpha value is -4.03. The molecule has 3 aromatic rings. The van der Waals surface area contributed by atoms with Crippen molar-refractivity contribution in [2.75, 3.05) is 18.4 Å². The number of fused-ring (bicyclic) bond motifs is 3. The smallest absolute Gasteiger partial charge is 0.329 e. The summed E-state index contributed by atoms with van der Waals surface area (Å²) in [5, 5.41) is 5.73. The van der Waals surface area contributed by atoms with Crippen molar-refractivity contribution in [3.05, 3.63) is 77.0 Å². The number of amides is 3. The normalized spacial score (nSPS) is 21.7. The highest BCUT2D eigenvalue weighted by molar-refractivity contribution is 6.05. The number of benzene rings is 1. The van der Waals surface area contributed by atoms with Gasteiger partial charge < -0.3 is 20.1 Å². The number of hydrogen-bond donors (Lipinski definition) is 2. The van der Waals surface area contributed by atoms with Crippen molar-refractivity contribution in [2.24, 2.45) is 0 Å². The number of carbonyl (C=O) groups is 2. The van der Waals surface area contributed by atoms with Gasteiger partial charge in [-0.1, -0.05) is 18.2 Å². The van der Waals surface area contributed by atoms with Crippen LogP contribution in [0.15, 0.2) is 42.7 Å². The summed E-state index contributed by atoms with van der Waals surface area (Å²) in [6.45, 7) is 0.526. The molecule has 6 rings (SSSR count). The number of carbonyl (C=O) groups excluding carboxylic acids is 2. The maximum absolute atomic E-state index is 14.7. The van der Waals surface area contributed by atoms with E-state index in [2.05, 4.69) is 20.6 Å². The summed E-state index contributed by atoms with van der Waals surface area (Å²) in [7, 11) is 0. The number of nitrogens with one attached hydrogen (secondary N) is 2.